The van der Waals surface area contributed by atoms with Gasteiger partial charge in [-0.25, -0.2) is 9.78 Å². The van der Waals surface area contributed by atoms with E-state index in [-0.39, 0.29) is 5.91 Å². The summed E-state index contributed by atoms with van der Waals surface area (Å²) >= 11 is 7.22. The fraction of sp³-hybridized carbons (Fsp3) is 0.316. The van der Waals surface area contributed by atoms with Gasteiger partial charge in [-0.1, -0.05) is 23.4 Å². The van der Waals surface area contributed by atoms with Gasteiger partial charge >= 0.3 is 5.97 Å². The molecule has 1 aromatic carbocycles. The summed E-state index contributed by atoms with van der Waals surface area (Å²) in [7, 11) is 0. The summed E-state index contributed by atoms with van der Waals surface area (Å²) in [5.41, 5.74) is -0.0929. The van der Waals surface area contributed by atoms with Gasteiger partial charge in [-0.15, -0.1) is 0 Å². The molecule has 138 valence electrons. The van der Waals surface area contributed by atoms with Crippen LogP contribution < -0.4 is 5.32 Å². The van der Waals surface area contributed by atoms with E-state index >= 15 is 0 Å². The highest BCUT2D eigenvalue weighted by molar-refractivity contribution is 7.99. The van der Waals surface area contributed by atoms with Gasteiger partial charge in [-0.05, 0) is 64.1 Å². The summed E-state index contributed by atoms with van der Waals surface area (Å²) in [6, 6.07) is 10.5. The van der Waals surface area contributed by atoms with Crippen LogP contribution in [0.4, 0.5) is 0 Å². The van der Waals surface area contributed by atoms with E-state index in [1.807, 2.05) is 32.9 Å². The van der Waals surface area contributed by atoms with Crippen molar-refractivity contribution in [2.45, 2.75) is 49.3 Å². The summed E-state index contributed by atoms with van der Waals surface area (Å²) in [5, 5.41) is 3.92. The monoisotopic (exact) mass is 392 g/mol. The summed E-state index contributed by atoms with van der Waals surface area (Å²) in [5.74, 6) is -0.937. The molecule has 0 unspecified atom stereocenters. The predicted molar refractivity (Wildman–Crippen MR) is 103 cm³/mol. The van der Waals surface area contributed by atoms with Crippen molar-refractivity contribution in [2.75, 3.05) is 0 Å². The number of esters is 1. The minimum Gasteiger partial charge on any atom is -0.449 e. The Balaban J connectivity index is 2.11. The number of carbonyl (C=O) groups excluding carboxylic acids is 2. The van der Waals surface area contributed by atoms with Crippen LogP contribution in [0.5, 0.6) is 0 Å². The van der Waals surface area contributed by atoms with Crippen LogP contribution in [0.3, 0.4) is 0 Å². The van der Waals surface area contributed by atoms with Gasteiger partial charge < -0.3 is 10.1 Å². The number of hydrogen-bond donors (Lipinski definition) is 1. The molecule has 0 saturated carbocycles. The number of nitrogens with one attached hydrogen (secondary N) is 1. The molecule has 0 aliphatic rings. The van der Waals surface area contributed by atoms with Crippen LogP contribution in [-0.2, 0) is 9.53 Å². The number of aromatic nitrogens is 1. The van der Waals surface area contributed by atoms with Gasteiger partial charge in [0, 0.05) is 21.7 Å². The third kappa shape index (κ3) is 6.04. The van der Waals surface area contributed by atoms with E-state index in [9.17, 15) is 9.59 Å². The summed E-state index contributed by atoms with van der Waals surface area (Å²) in [4.78, 5) is 29.8. The van der Waals surface area contributed by atoms with E-state index in [1.165, 1.54) is 11.8 Å². The maximum absolute atomic E-state index is 12.5. The number of hydrogen-bond acceptors (Lipinski definition) is 5. The van der Waals surface area contributed by atoms with Gasteiger partial charge in [-0.2, -0.15) is 0 Å². The van der Waals surface area contributed by atoms with Gasteiger partial charge in [0.05, 0.1) is 5.56 Å². The molecular formula is C19H21ClN2O3S. The lowest BCUT2D eigenvalue weighted by Gasteiger charge is -2.23. The van der Waals surface area contributed by atoms with Crippen molar-refractivity contribution in [3.63, 3.8) is 0 Å². The normalized spacial score (nSPS) is 12.3. The summed E-state index contributed by atoms with van der Waals surface area (Å²) < 4.78 is 5.32. The molecule has 1 heterocycles. The molecule has 0 saturated heterocycles. The molecule has 1 N–H and O–H groups in total. The first-order valence-electron chi connectivity index (χ1n) is 8.07. The van der Waals surface area contributed by atoms with E-state index in [0.29, 0.717) is 15.6 Å². The third-order valence-corrected chi connectivity index (χ3v) is 4.45. The fourth-order valence-electron chi connectivity index (χ4n) is 1.99. The molecule has 1 aromatic heterocycles. The van der Waals surface area contributed by atoms with Crippen LogP contribution in [0, 0.1) is 0 Å². The highest BCUT2D eigenvalue weighted by atomic mass is 35.5. The molecule has 26 heavy (non-hydrogen) atoms. The first-order chi connectivity index (χ1) is 12.2. The number of ether oxygens (including phenoxy) is 1. The number of halogens is 1. The molecule has 5 nitrogen and oxygen atoms in total. The lowest BCUT2D eigenvalue weighted by Crippen LogP contribution is -2.46. The highest BCUT2D eigenvalue weighted by Gasteiger charge is 2.24. The van der Waals surface area contributed by atoms with Gasteiger partial charge in [0.2, 0.25) is 0 Å². The zero-order valence-corrected chi connectivity index (χ0v) is 16.6. The summed E-state index contributed by atoms with van der Waals surface area (Å²) in [6.07, 6.45) is 0.695. The van der Waals surface area contributed by atoms with Crippen molar-refractivity contribution in [2.24, 2.45) is 0 Å². The van der Waals surface area contributed by atoms with Crippen molar-refractivity contribution in [1.29, 1.82) is 0 Å². The number of benzene rings is 1. The standard InChI is InChI=1S/C19H21ClN2O3S/c1-12(16(23)22-19(2,3)4)25-18(24)15-6-5-11-21-17(15)26-14-9-7-13(20)8-10-14/h5-12H,1-4H3,(H,22,23)/t12-/m0/s1. The Kier molecular flexibility index (Phi) is 6.67. The molecule has 0 bridgehead atoms. The van der Waals surface area contributed by atoms with Crippen molar-refractivity contribution in [3.05, 3.63) is 53.2 Å². The van der Waals surface area contributed by atoms with Crippen molar-refractivity contribution in [3.8, 4) is 0 Å². The number of rotatable bonds is 5. The smallest absolute Gasteiger partial charge is 0.341 e. The Morgan fingerprint density at radius 3 is 2.46 bits per heavy atom. The third-order valence-electron chi connectivity index (χ3n) is 3.17. The van der Waals surface area contributed by atoms with Crippen LogP contribution >= 0.6 is 23.4 Å². The van der Waals surface area contributed by atoms with E-state index < -0.39 is 17.6 Å². The Hall–Kier alpha value is -2.05. The van der Waals surface area contributed by atoms with Crippen LogP contribution in [0.25, 0.3) is 0 Å². The number of carbonyl (C=O) groups is 2. The largest absolute Gasteiger partial charge is 0.449 e. The molecule has 1 amide bonds. The van der Waals surface area contributed by atoms with E-state index in [1.54, 1.807) is 37.4 Å². The first kappa shape index (κ1) is 20.3. The summed E-state index contributed by atoms with van der Waals surface area (Å²) in [6.45, 7) is 7.13. The van der Waals surface area contributed by atoms with Crippen molar-refractivity contribution in [1.82, 2.24) is 10.3 Å². The van der Waals surface area contributed by atoms with Crippen molar-refractivity contribution >= 4 is 35.2 Å². The minimum absolute atomic E-state index is 0.308. The Labute approximate surface area is 162 Å². The number of amides is 1. The molecular weight excluding hydrogens is 372 g/mol. The second-order valence-electron chi connectivity index (χ2n) is 6.70. The van der Waals surface area contributed by atoms with E-state index in [0.717, 1.165) is 4.90 Å². The van der Waals surface area contributed by atoms with Crippen LogP contribution in [0.2, 0.25) is 5.02 Å². The molecule has 2 rings (SSSR count). The molecule has 0 aliphatic heterocycles. The molecule has 0 aliphatic carbocycles. The average Bonchev–Trinajstić information content (AvgIpc) is 2.55. The highest BCUT2D eigenvalue weighted by Crippen LogP contribution is 2.30. The average molecular weight is 393 g/mol. The minimum atomic E-state index is -0.907. The second kappa shape index (κ2) is 8.56. The Bertz CT molecular complexity index is 788. The quantitative estimate of drug-likeness (QED) is 0.766. The molecule has 7 heteroatoms. The zero-order chi connectivity index (χ0) is 19.3. The van der Waals surface area contributed by atoms with Gasteiger partial charge in [0.15, 0.2) is 6.10 Å². The zero-order valence-electron chi connectivity index (χ0n) is 15.1. The Morgan fingerprint density at radius 2 is 1.85 bits per heavy atom. The van der Waals surface area contributed by atoms with Gasteiger partial charge in [0.25, 0.3) is 5.91 Å². The molecule has 0 spiro atoms. The molecule has 2 aromatic rings. The molecule has 1 atom stereocenters. The van der Waals surface area contributed by atoms with Gasteiger partial charge in [-0.3, -0.25) is 4.79 Å². The lowest BCUT2D eigenvalue weighted by molar-refractivity contribution is -0.130. The van der Waals surface area contributed by atoms with E-state index in [4.69, 9.17) is 16.3 Å². The van der Waals surface area contributed by atoms with Crippen LogP contribution in [-0.4, -0.2) is 28.5 Å². The van der Waals surface area contributed by atoms with Crippen molar-refractivity contribution < 1.29 is 14.3 Å². The Morgan fingerprint density at radius 1 is 1.19 bits per heavy atom. The topological polar surface area (TPSA) is 68.3 Å². The number of pyridine rings is 1. The van der Waals surface area contributed by atoms with E-state index in [2.05, 4.69) is 10.3 Å². The number of nitrogens with zero attached hydrogens (tertiary/aromatic N) is 1. The fourth-order valence-corrected chi connectivity index (χ4v) is 2.99. The second-order valence-corrected chi connectivity index (χ2v) is 8.20. The van der Waals surface area contributed by atoms with Crippen LogP contribution in [0.15, 0.2) is 52.5 Å². The van der Waals surface area contributed by atoms with Gasteiger partial charge in [0.1, 0.15) is 5.03 Å². The maximum atomic E-state index is 12.5. The molecule has 0 fully saturated rings. The first-order valence-corrected chi connectivity index (χ1v) is 9.26. The molecule has 0 radical (unpaired) electrons. The predicted octanol–water partition coefficient (Wildman–Crippen LogP) is 4.35. The van der Waals surface area contributed by atoms with Crippen LogP contribution in [0.1, 0.15) is 38.1 Å². The SMILES string of the molecule is C[C@H](OC(=O)c1cccnc1Sc1ccc(Cl)cc1)C(=O)NC(C)(C)C. The maximum Gasteiger partial charge on any atom is 0.341 e. The lowest BCUT2D eigenvalue weighted by atomic mass is 10.1.